The molecule has 0 aliphatic heterocycles. The van der Waals surface area contributed by atoms with Crippen molar-refractivity contribution in [2.75, 3.05) is 25.6 Å². The number of carbonyl (C=O) groups excluding carboxylic acids is 1. The van der Waals surface area contributed by atoms with Crippen molar-refractivity contribution in [1.29, 1.82) is 0 Å². The average Bonchev–Trinajstić information content (AvgIpc) is 2.87. The van der Waals surface area contributed by atoms with Crippen molar-refractivity contribution in [1.82, 2.24) is 9.97 Å². The van der Waals surface area contributed by atoms with E-state index in [1.54, 1.807) is 17.7 Å². The number of methoxy groups -OCH3 is 1. The number of aromatic nitrogens is 2. The third-order valence-corrected chi connectivity index (χ3v) is 4.14. The summed E-state index contributed by atoms with van der Waals surface area (Å²) in [6, 6.07) is 2.13. The van der Waals surface area contributed by atoms with Gasteiger partial charge in [0.05, 0.1) is 18.9 Å². The third kappa shape index (κ3) is 3.01. The molecule has 0 N–H and O–H groups in total. The van der Waals surface area contributed by atoms with E-state index in [0.29, 0.717) is 13.0 Å². The lowest BCUT2D eigenvalue weighted by Crippen LogP contribution is -2.22. The first-order valence-corrected chi connectivity index (χ1v) is 6.98. The Morgan fingerprint density at radius 1 is 1.47 bits per heavy atom. The molecule has 0 saturated carbocycles. The van der Waals surface area contributed by atoms with Gasteiger partial charge in [0, 0.05) is 18.5 Å². The number of anilines is 1. The SMILES string of the molecule is CCc1cc2c(N(C)CCC(=O)OC)ncnc2s1. The molecule has 2 aromatic heterocycles. The van der Waals surface area contributed by atoms with Gasteiger partial charge in [-0.25, -0.2) is 9.97 Å². The molecule has 6 heteroatoms. The van der Waals surface area contributed by atoms with Gasteiger partial charge >= 0.3 is 5.97 Å². The standard InChI is InChI=1S/C13H17N3O2S/c1-4-9-7-10-12(14-8-15-13(10)19-9)16(2)6-5-11(17)18-3/h7-8H,4-6H2,1-3H3. The second kappa shape index (κ2) is 5.97. The topological polar surface area (TPSA) is 55.3 Å². The molecule has 2 rings (SSSR count). The van der Waals surface area contributed by atoms with Gasteiger partial charge in [-0.15, -0.1) is 11.3 Å². The van der Waals surface area contributed by atoms with Crippen LogP contribution in [0.15, 0.2) is 12.4 Å². The van der Waals surface area contributed by atoms with Gasteiger partial charge in [0.25, 0.3) is 0 Å². The molecule has 0 spiro atoms. The van der Waals surface area contributed by atoms with E-state index in [-0.39, 0.29) is 5.97 Å². The lowest BCUT2D eigenvalue weighted by atomic mass is 10.3. The van der Waals surface area contributed by atoms with Crippen molar-refractivity contribution in [2.24, 2.45) is 0 Å². The normalized spacial score (nSPS) is 10.7. The van der Waals surface area contributed by atoms with Crippen molar-refractivity contribution in [2.45, 2.75) is 19.8 Å². The molecule has 0 saturated heterocycles. The molecule has 102 valence electrons. The monoisotopic (exact) mass is 279 g/mol. The number of aryl methyl sites for hydroxylation is 1. The number of esters is 1. The summed E-state index contributed by atoms with van der Waals surface area (Å²) in [5, 5.41) is 1.05. The van der Waals surface area contributed by atoms with Crippen LogP contribution in [0.4, 0.5) is 5.82 Å². The van der Waals surface area contributed by atoms with Crippen LogP contribution in [-0.4, -0.2) is 36.6 Å². The molecule has 2 aromatic rings. The molecule has 0 aromatic carbocycles. The number of thiophene rings is 1. The van der Waals surface area contributed by atoms with E-state index >= 15 is 0 Å². The van der Waals surface area contributed by atoms with Crippen LogP contribution in [0.1, 0.15) is 18.2 Å². The highest BCUT2D eigenvalue weighted by molar-refractivity contribution is 7.18. The lowest BCUT2D eigenvalue weighted by molar-refractivity contribution is -0.140. The first-order valence-electron chi connectivity index (χ1n) is 6.17. The van der Waals surface area contributed by atoms with Crippen molar-refractivity contribution in [3.63, 3.8) is 0 Å². The van der Waals surface area contributed by atoms with Crippen molar-refractivity contribution in [3.05, 3.63) is 17.3 Å². The van der Waals surface area contributed by atoms with Gasteiger partial charge in [-0.1, -0.05) is 6.92 Å². The molecule has 5 nitrogen and oxygen atoms in total. The van der Waals surface area contributed by atoms with Gasteiger partial charge in [-0.3, -0.25) is 4.79 Å². The molecule has 0 radical (unpaired) electrons. The fourth-order valence-electron chi connectivity index (χ4n) is 1.84. The van der Waals surface area contributed by atoms with Gasteiger partial charge in [0.1, 0.15) is 17.0 Å². The van der Waals surface area contributed by atoms with Gasteiger partial charge < -0.3 is 9.64 Å². The van der Waals surface area contributed by atoms with Crippen LogP contribution in [0.25, 0.3) is 10.2 Å². The average molecular weight is 279 g/mol. The van der Waals surface area contributed by atoms with Crippen LogP contribution in [0.3, 0.4) is 0 Å². The highest BCUT2D eigenvalue weighted by Crippen LogP contribution is 2.29. The minimum atomic E-state index is -0.211. The number of hydrogen-bond acceptors (Lipinski definition) is 6. The molecule has 0 aliphatic rings. The van der Waals surface area contributed by atoms with Crippen LogP contribution in [0.5, 0.6) is 0 Å². The number of nitrogens with zero attached hydrogens (tertiary/aromatic N) is 3. The minimum absolute atomic E-state index is 0.211. The van der Waals surface area contributed by atoms with E-state index in [0.717, 1.165) is 22.5 Å². The Kier molecular flexibility index (Phi) is 4.31. The lowest BCUT2D eigenvalue weighted by Gasteiger charge is -2.17. The highest BCUT2D eigenvalue weighted by Gasteiger charge is 2.12. The summed E-state index contributed by atoms with van der Waals surface area (Å²) in [7, 11) is 3.33. The smallest absolute Gasteiger partial charge is 0.307 e. The van der Waals surface area contributed by atoms with Crippen molar-refractivity contribution >= 4 is 33.3 Å². The van der Waals surface area contributed by atoms with Crippen molar-refractivity contribution < 1.29 is 9.53 Å². The maximum absolute atomic E-state index is 11.2. The van der Waals surface area contributed by atoms with E-state index < -0.39 is 0 Å². The van der Waals surface area contributed by atoms with E-state index in [1.807, 2.05) is 11.9 Å². The largest absolute Gasteiger partial charge is 0.469 e. The second-order valence-electron chi connectivity index (χ2n) is 4.23. The number of ether oxygens (including phenoxy) is 1. The molecule has 0 amide bonds. The van der Waals surface area contributed by atoms with Crippen LogP contribution < -0.4 is 4.90 Å². The second-order valence-corrected chi connectivity index (χ2v) is 5.35. The van der Waals surface area contributed by atoms with Crippen molar-refractivity contribution in [3.8, 4) is 0 Å². The molecule has 0 unspecified atom stereocenters. The van der Waals surface area contributed by atoms with E-state index in [2.05, 4.69) is 27.7 Å². The number of fused-ring (bicyclic) bond motifs is 1. The first-order chi connectivity index (χ1) is 9.15. The molecular weight excluding hydrogens is 262 g/mol. The quantitative estimate of drug-likeness (QED) is 0.786. The van der Waals surface area contributed by atoms with Gasteiger partial charge in [0.15, 0.2) is 0 Å². The molecule has 0 fully saturated rings. The number of rotatable bonds is 5. The summed E-state index contributed by atoms with van der Waals surface area (Å²) in [5.41, 5.74) is 0. The zero-order valence-electron chi connectivity index (χ0n) is 11.3. The predicted molar refractivity (Wildman–Crippen MR) is 76.7 cm³/mol. The molecule has 2 heterocycles. The summed E-state index contributed by atoms with van der Waals surface area (Å²) < 4.78 is 4.65. The fraction of sp³-hybridized carbons (Fsp3) is 0.462. The zero-order chi connectivity index (χ0) is 13.8. The fourth-order valence-corrected chi connectivity index (χ4v) is 2.77. The summed E-state index contributed by atoms with van der Waals surface area (Å²) in [5.74, 6) is 0.654. The Bertz CT molecular complexity index is 582. The zero-order valence-corrected chi connectivity index (χ0v) is 12.2. The Labute approximate surface area is 116 Å². The van der Waals surface area contributed by atoms with Crippen LogP contribution >= 0.6 is 11.3 Å². The predicted octanol–water partition coefficient (Wildman–Crippen LogP) is 2.25. The Balaban J connectivity index is 2.23. The molecule has 0 atom stereocenters. The summed E-state index contributed by atoms with van der Waals surface area (Å²) in [6.45, 7) is 2.70. The maximum atomic E-state index is 11.2. The Morgan fingerprint density at radius 2 is 2.26 bits per heavy atom. The van der Waals surface area contributed by atoms with Crippen LogP contribution in [0.2, 0.25) is 0 Å². The van der Waals surface area contributed by atoms with E-state index in [1.165, 1.54) is 12.0 Å². The van der Waals surface area contributed by atoms with Gasteiger partial charge in [-0.05, 0) is 12.5 Å². The minimum Gasteiger partial charge on any atom is -0.469 e. The Hall–Kier alpha value is -1.69. The summed E-state index contributed by atoms with van der Waals surface area (Å²) in [6.07, 6.45) is 2.91. The molecule has 0 bridgehead atoms. The van der Waals surface area contributed by atoms with E-state index in [9.17, 15) is 4.79 Å². The first kappa shape index (κ1) is 13.7. The summed E-state index contributed by atoms with van der Waals surface area (Å²) in [4.78, 5) is 24.1. The molecular formula is C13H17N3O2S. The van der Waals surface area contributed by atoms with Crippen LogP contribution in [0, 0.1) is 0 Å². The van der Waals surface area contributed by atoms with E-state index in [4.69, 9.17) is 0 Å². The summed E-state index contributed by atoms with van der Waals surface area (Å²) >= 11 is 1.69. The number of carbonyl (C=O) groups is 1. The molecule has 19 heavy (non-hydrogen) atoms. The molecule has 0 aliphatic carbocycles. The van der Waals surface area contributed by atoms with Gasteiger partial charge in [0.2, 0.25) is 0 Å². The number of hydrogen-bond donors (Lipinski definition) is 0. The van der Waals surface area contributed by atoms with Gasteiger partial charge in [-0.2, -0.15) is 0 Å². The Morgan fingerprint density at radius 3 is 2.95 bits per heavy atom. The third-order valence-electron chi connectivity index (χ3n) is 2.95. The maximum Gasteiger partial charge on any atom is 0.307 e. The highest BCUT2D eigenvalue weighted by atomic mass is 32.1. The van der Waals surface area contributed by atoms with Crippen LogP contribution in [-0.2, 0) is 16.0 Å².